The number of tetrazole rings is 1. The molecule has 0 saturated carbocycles. The van der Waals surface area contributed by atoms with Gasteiger partial charge >= 0.3 is 0 Å². The first kappa shape index (κ1) is 17.5. The Balaban J connectivity index is 1.57. The zero-order valence-electron chi connectivity index (χ0n) is 15.5. The van der Waals surface area contributed by atoms with Gasteiger partial charge in [0, 0.05) is 23.9 Å². The lowest BCUT2D eigenvalue weighted by molar-refractivity contribution is 0.102. The molecule has 0 saturated heterocycles. The van der Waals surface area contributed by atoms with Crippen molar-refractivity contribution < 1.29 is 4.79 Å². The number of hydrogen-bond acceptors (Lipinski definition) is 5. The van der Waals surface area contributed by atoms with Gasteiger partial charge in [0.25, 0.3) is 5.91 Å². The molecule has 0 aliphatic rings. The third kappa shape index (κ3) is 3.50. The van der Waals surface area contributed by atoms with Gasteiger partial charge in [0.15, 0.2) is 5.82 Å². The molecular formula is C21H18N6O. The standard InChI is InChI=1S/C21H18N6O/c1-14-18(11-12-19(22-14)15-7-4-3-5-8-15)21(28)23-17-10-6-9-16(13-17)20-24-25-26-27(20)2/h3-13H,1-2H3,(H,23,28). The number of nitrogens with zero attached hydrogens (tertiary/aromatic N) is 5. The average Bonchev–Trinajstić information content (AvgIpc) is 3.14. The van der Waals surface area contributed by atoms with Crippen LogP contribution < -0.4 is 5.32 Å². The summed E-state index contributed by atoms with van der Waals surface area (Å²) in [4.78, 5) is 17.3. The van der Waals surface area contributed by atoms with Crippen molar-refractivity contribution in [1.29, 1.82) is 0 Å². The second kappa shape index (κ2) is 7.40. The number of carbonyl (C=O) groups is 1. The zero-order valence-corrected chi connectivity index (χ0v) is 15.5. The number of aryl methyl sites for hydroxylation is 2. The van der Waals surface area contributed by atoms with Crippen LogP contribution in [0.25, 0.3) is 22.6 Å². The van der Waals surface area contributed by atoms with E-state index < -0.39 is 0 Å². The Bertz CT molecular complexity index is 1140. The van der Waals surface area contributed by atoms with E-state index in [0.29, 0.717) is 22.8 Å². The van der Waals surface area contributed by atoms with Crippen molar-refractivity contribution >= 4 is 11.6 Å². The van der Waals surface area contributed by atoms with Crippen LogP contribution in [0.1, 0.15) is 16.1 Å². The van der Waals surface area contributed by atoms with Gasteiger partial charge in [-0.15, -0.1) is 5.10 Å². The maximum atomic E-state index is 12.8. The molecule has 0 bridgehead atoms. The van der Waals surface area contributed by atoms with E-state index in [2.05, 4.69) is 25.8 Å². The maximum Gasteiger partial charge on any atom is 0.257 e. The van der Waals surface area contributed by atoms with Crippen LogP contribution in [0.2, 0.25) is 0 Å². The Hall–Kier alpha value is -3.87. The third-order valence-electron chi connectivity index (χ3n) is 4.40. The smallest absolute Gasteiger partial charge is 0.257 e. The predicted molar refractivity (Wildman–Crippen MR) is 107 cm³/mol. The molecule has 0 aliphatic heterocycles. The fourth-order valence-corrected chi connectivity index (χ4v) is 2.98. The lowest BCUT2D eigenvalue weighted by atomic mass is 10.1. The van der Waals surface area contributed by atoms with Gasteiger partial charge in [0.05, 0.1) is 17.0 Å². The summed E-state index contributed by atoms with van der Waals surface area (Å²) in [6, 6.07) is 20.9. The van der Waals surface area contributed by atoms with Crippen LogP contribution in [0.15, 0.2) is 66.7 Å². The first-order chi connectivity index (χ1) is 13.6. The Morgan fingerprint density at radius 2 is 1.75 bits per heavy atom. The van der Waals surface area contributed by atoms with Gasteiger partial charge in [-0.25, -0.2) is 4.68 Å². The highest BCUT2D eigenvalue weighted by Crippen LogP contribution is 2.22. The van der Waals surface area contributed by atoms with Gasteiger partial charge < -0.3 is 5.32 Å². The SMILES string of the molecule is Cc1nc(-c2ccccc2)ccc1C(=O)Nc1cccc(-c2nnnn2C)c1. The number of pyridine rings is 1. The minimum atomic E-state index is -0.210. The maximum absolute atomic E-state index is 12.8. The van der Waals surface area contributed by atoms with Gasteiger partial charge in [-0.3, -0.25) is 9.78 Å². The molecule has 1 amide bonds. The van der Waals surface area contributed by atoms with E-state index >= 15 is 0 Å². The molecule has 138 valence electrons. The largest absolute Gasteiger partial charge is 0.322 e. The Morgan fingerprint density at radius 1 is 0.964 bits per heavy atom. The van der Waals surface area contributed by atoms with Gasteiger partial charge in [-0.1, -0.05) is 42.5 Å². The van der Waals surface area contributed by atoms with Crippen LogP contribution in [0.3, 0.4) is 0 Å². The quantitative estimate of drug-likeness (QED) is 0.594. The van der Waals surface area contributed by atoms with E-state index in [4.69, 9.17) is 0 Å². The molecule has 4 aromatic rings. The van der Waals surface area contributed by atoms with Crippen molar-refractivity contribution in [2.45, 2.75) is 6.92 Å². The molecule has 7 heteroatoms. The number of aromatic nitrogens is 5. The highest BCUT2D eigenvalue weighted by Gasteiger charge is 2.13. The first-order valence-electron chi connectivity index (χ1n) is 8.79. The van der Waals surface area contributed by atoms with Gasteiger partial charge in [0.1, 0.15) is 0 Å². The van der Waals surface area contributed by atoms with Crippen LogP contribution in [0.4, 0.5) is 5.69 Å². The second-order valence-electron chi connectivity index (χ2n) is 6.36. The molecule has 0 fully saturated rings. The van der Waals surface area contributed by atoms with Crippen molar-refractivity contribution in [2.75, 3.05) is 5.32 Å². The summed E-state index contributed by atoms with van der Waals surface area (Å²) in [6.45, 7) is 1.84. The molecule has 1 N–H and O–H groups in total. The summed E-state index contributed by atoms with van der Waals surface area (Å²) in [5, 5.41) is 14.4. The second-order valence-corrected chi connectivity index (χ2v) is 6.36. The number of hydrogen-bond donors (Lipinski definition) is 1. The van der Waals surface area contributed by atoms with Crippen LogP contribution in [0, 0.1) is 6.92 Å². The van der Waals surface area contributed by atoms with E-state index in [-0.39, 0.29) is 5.91 Å². The molecule has 7 nitrogen and oxygen atoms in total. The van der Waals surface area contributed by atoms with Gasteiger partial charge in [-0.05, 0) is 41.6 Å². The number of amides is 1. The molecule has 2 aromatic carbocycles. The molecule has 0 aliphatic carbocycles. The zero-order chi connectivity index (χ0) is 19.5. The lowest BCUT2D eigenvalue weighted by Gasteiger charge is -2.10. The van der Waals surface area contributed by atoms with Crippen molar-refractivity contribution in [3.8, 4) is 22.6 Å². The number of anilines is 1. The van der Waals surface area contributed by atoms with E-state index in [0.717, 1.165) is 16.8 Å². The minimum Gasteiger partial charge on any atom is -0.322 e. The molecule has 4 rings (SSSR count). The van der Waals surface area contributed by atoms with Crippen molar-refractivity contribution in [1.82, 2.24) is 25.2 Å². The fraction of sp³-hybridized carbons (Fsp3) is 0.0952. The summed E-state index contributed by atoms with van der Waals surface area (Å²) >= 11 is 0. The lowest BCUT2D eigenvalue weighted by Crippen LogP contribution is -2.14. The summed E-state index contributed by atoms with van der Waals surface area (Å²) in [7, 11) is 1.77. The third-order valence-corrected chi connectivity index (χ3v) is 4.40. The molecular weight excluding hydrogens is 352 g/mol. The molecule has 0 unspecified atom stereocenters. The van der Waals surface area contributed by atoms with Crippen LogP contribution in [-0.4, -0.2) is 31.1 Å². The van der Waals surface area contributed by atoms with E-state index in [1.165, 1.54) is 0 Å². The monoisotopic (exact) mass is 370 g/mol. The molecule has 0 radical (unpaired) electrons. The summed E-state index contributed by atoms with van der Waals surface area (Å²) in [6.07, 6.45) is 0. The van der Waals surface area contributed by atoms with Crippen molar-refractivity contribution in [2.24, 2.45) is 7.05 Å². The number of rotatable bonds is 4. The van der Waals surface area contributed by atoms with Crippen LogP contribution >= 0.6 is 0 Å². The van der Waals surface area contributed by atoms with Crippen LogP contribution in [0.5, 0.6) is 0 Å². The highest BCUT2D eigenvalue weighted by atomic mass is 16.1. The molecule has 0 atom stereocenters. The molecule has 28 heavy (non-hydrogen) atoms. The number of carbonyl (C=O) groups excluding carboxylic acids is 1. The highest BCUT2D eigenvalue weighted by molar-refractivity contribution is 6.05. The van der Waals surface area contributed by atoms with Gasteiger partial charge in [-0.2, -0.15) is 0 Å². The molecule has 2 aromatic heterocycles. The van der Waals surface area contributed by atoms with Gasteiger partial charge in [0.2, 0.25) is 0 Å². The Morgan fingerprint density at radius 3 is 2.46 bits per heavy atom. The number of nitrogens with one attached hydrogen (secondary N) is 1. The van der Waals surface area contributed by atoms with Crippen molar-refractivity contribution in [3.63, 3.8) is 0 Å². The Kier molecular flexibility index (Phi) is 4.63. The Labute approximate surface area is 162 Å². The number of benzene rings is 2. The molecule has 0 spiro atoms. The predicted octanol–water partition coefficient (Wildman–Crippen LogP) is 3.50. The summed E-state index contributed by atoms with van der Waals surface area (Å²) < 4.78 is 1.58. The topological polar surface area (TPSA) is 85.6 Å². The van der Waals surface area contributed by atoms with Crippen LogP contribution in [-0.2, 0) is 7.05 Å². The van der Waals surface area contributed by atoms with E-state index in [9.17, 15) is 4.79 Å². The fourth-order valence-electron chi connectivity index (χ4n) is 2.98. The first-order valence-corrected chi connectivity index (χ1v) is 8.79. The van der Waals surface area contributed by atoms with Crippen molar-refractivity contribution in [3.05, 3.63) is 78.0 Å². The molecule has 2 heterocycles. The van der Waals surface area contributed by atoms with E-state index in [1.54, 1.807) is 17.8 Å². The van der Waals surface area contributed by atoms with E-state index in [1.807, 2.05) is 67.6 Å². The summed E-state index contributed by atoms with van der Waals surface area (Å²) in [5.74, 6) is 0.416. The minimum absolute atomic E-state index is 0.210. The summed E-state index contributed by atoms with van der Waals surface area (Å²) in [5.41, 5.74) is 4.54. The average molecular weight is 370 g/mol. The normalized spacial score (nSPS) is 10.6.